The molecule has 0 bridgehead atoms. The average molecular weight is 322 g/mol. The zero-order valence-corrected chi connectivity index (χ0v) is 13.7. The van der Waals surface area contributed by atoms with Crippen molar-refractivity contribution in [3.05, 3.63) is 35.6 Å². The van der Waals surface area contributed by atoms with Crippen molar-refractivity contribution in [2.24, 2.45) is 0 Å². The van der Waals surface area contributed by atoms with Gasteiger partial charge in [-0.3, -0.25) is 4.79 Å². The van der Waals surface area contributed by atoms with Gasteiger partial charge in [0.15, 0.2) is 0 Å². The van der Waals surface area contributed by atoms with Crippen molar-refractivity contribution in [3.63, 3.8) is 0 Å². The van der Waals surface area contributed by atoms with Crippen molar-refractivity contribution < 1.29 is 9.18 Å². The van der Waals surface area contributed by atoms with Gasteiger partial charge in [0.2, 0.25) is 5.91 Å². The van der Waals surface area contributed by atoms with Crippen LogP contribution in [0.2, 0.25) is 0 Å². The lowest BCUT2D eigenvalue weighted by Crippen LogP contribution is -2.43. The lowest BCUT2D eigenvalue weighted by Gasteiger charge is -2.27. The van der Waals surface area contributed by atoms with Gasteiger partial charge >= 0.3 is 0 Å². The third kappa shape index (κ3) is 3.63. The molecule has 1 N–H and O–H groups in total. The third-order valence-electron chi connectivity index (χ3n) is 4.66. The molecule has 2 heterocycles. The van der Waals surface area contributed by atoms with Crippen LogP contribution in [0.25, 0.3) is 0 Å². The van der Waals surface area contributed by atoms with E-state index in [2.05, 4.69) is 12.2 Å². The van der Waals surface area contributed by atoms with Gasteiger partial charge in [-0.2, -0.15) is 11.8 Å². The molecule has 2 saturated heterocycles. The van der Waals surface area contributed by atoms with Crippen molar-refractivity contribution in [1.82, 2.24) is 10.2 Å². The van der Waals surface area contributed by atoms with E-state index in [1.165, 1.54) is 12.1 Å². The van der Waals surface area contributed by atoms with Crippen molar-refractivity contribution >= 4 is 17.7 Å². The number of hydrogen-bond acceptors (Lipinski definition) is 3. The van der Waals surface area contributed by atoms with Gasteiger partial charge < -0.3 is 10.2 Å². The molecule has 3 nitrogen and oxygen atoms in total. The number of nitrogens with zero attached hydrogens (tertiary/aromatic N) is 1. The molecule has 0 radical (unpaired) electrons. The largest absolute Gasteiger partial charge is 0.339 e. The Balaban J connectivity index is 1.60. The topological polar surface area (TPSA) is 32.3 Å². The number of hydrogen-bond donors (Lipinski definition) is 1. The number of nitrogens with one attached hydrogen (secondary N) is 1. The smallest absolute Gasteiger partial charge is 0.224 e. The number of benzene rings is 1. The van der Waals surface area contributed by atoms with E-state index in [0.29, 0.717) is 18.4 Å². The molecule has 1 aromatic rings. The summed E-state index contributed by atoms with van der Waals surface area (Å²) in [5, 5.41) is 3.43. The van der Waals surface area contributed by atoms with Crippen LogP contribution in [0.5, 0.6) is 0 Å². The summed E-state index contributed by atoms with van der Waals surface area (Å²) in [5.74, 6) is 2.53. The second kappa shape index (κ2) is 7.01. The Kier molecular flexibility index (Phi) is 5.03. The molecule has 2 fully saturated rings. The lowest BCUT2D eigenvalue weighted by molar-refractivity contribution is -0.132. The van der Waals surface area contributed by atoms with Crippen LogP contribution in [-0.2, 0) is 4.79 Å². The van der Waals surface area contributed by atoms with Gasteiger partial charge in [0.1, 0.15) is 5.82 Å². The van der Waals surface area contributed by atoms with Crippen molar-refractivity contribution in [1.29, 1.82) is 0 Å². The Bertz CT molecular complexity index is 516. The van der Waals surface area contributed by atoms with Crippen LogP contribution in [0, 0.1) is 5.82 Å². The van der Waals surface area contributed by atoms with E-state index in [1.807, 2.05) is 28.8 Å². The molecule has 120 valence electrons. The summed E-state index contributed by atoms with van der Waals surface area (Å²) in [4.78, 5) is 14.6. The fourth-order valence-electron chi connectivity index (χ4n) is 3.43. The Hall–Kier alpha value is -1.07. The molecule has 3 unspecified atom stereocenters. The molecule has 1 amide bonds. The minimum absolute atomic E-state index is 0.205. The van der Waals surface area contributed by atoms with E-state index >= 15 is 0 Å². The first kappa shape index (κ1) is 15.8. The normalized spacial score (nSPS) is 28.8. The maximum atomic E-state index is 13.0. The predicted octanol–water partition coefficient (Wildman–Crippen LogP) is 2.63. The predicted molar refractivity (Wildman–Crippen MR) is 88.7 cm³/mol. The molecule has 3 rings (SSSR count). The molecule has 0 aromatic heterocycles. The summed E-state index contributed by atoms with van der Waals surface area (Å²) in [6.07, 6.45) is 1.55. The molecule has 5 heteroatoms. The highest BCUT2D eigenvalue weighted by Crippen LogP contribution is 2.32. The van der Waals surface area contributed by atoms with Gasteiger partial charge in [-0.1, -0.05) is 12.1 Å². The summed E-state index contributed by atoms with van der Waals surface area (Å²) in [5.41, 5.74) is 1.13. The van der Waals surface area contributed by atoms with Crippen LogP contribution in [0.1, 0.15) is 31.2 Å². The number of likely N-dealkylation sites (tertiary alicyclic amines) is 1. The molecule has 3 atom stereocenters. The molecular formula is C17H23FN2OS. The maximum absolute atomic E-state index is 13.0. The Morgan fingerprint density at radius 3 is 2.86 bits per heavy atom. The number of halogens is 1. The molecular weight excluding hydrogens is 299 g/mol. The molecule has 0 aliphatic carbocycles. The maximum Gasteiger partial charge on any atom is 0.224 e. The van der Waals surface area contributed by atoms with E-state index in [0.717, 1.165) is 36.6 Å². The Labute approximate surface area is 135 Å². The molecule has 2 aliphatic rings. The number of thioether (sulfide) groups is 1. The van der Waals surface area contributed by atoms with Gasteiger partial charge in [-0.25, -0.2) is 4.39 Å². The van der Waals surface area contributed by atoms with Crippen molar-refractivity contribution in [2.45, 2.75) is 37.8 Å². The van der Waals surface area contributed by atoms with Gasteiger partial charge in [0.25, 0.3) is 0 Å². The molecule has 22 heavy (non-hydrogen) atoms. The third-order valence-corrected chi connectivity index (χ3v) is 5.79. The lowest BCUT2D eigenvalue weighted by atomic mass is 9.97. The number of amides is 1. The first-order valence-corrected chi connectivity index (χ1v) is 9.15. The highest BCUT2D eigenvalue weighted by molar-refractivity contribution is 7.99. The van der Waals surface area contributed by atoms with Crippen LogP contribution < -0.4 is 5.32 Å². The van der Waals surface area contributed by atoms with Crippen molar-refractivity contribution in [3.8, 4) is 0 Å². The number of carbonyl (C=O) groups is 1. The SMILES string of the molecule is CC1CC(c2ccc(F)cc2)CN1C(=O)CC1CSCCN1. The highest BCUT2D eigenvalue weighted by Gasteiger charge is 2.34. The van der Waals surface area contributed by atoms with Gasteiger partial charge in [-0.05, 0) is 31.0 Å². The highest BCUT2D eigenvalue weighted by atomic mass is 32.2. The second-order valence-corrected chi connectivity index (χ2v) is 7.46. The van der Waals surface area contributed by atoms with E-state index < -0.39 is 0 Å². The van der Waals surface area contributed by atoms with Gasteiger partial charge in [0, 0.05) is 49.0 Å². The second-order valence-electron chi connectivity index (χ2n) is 6.31. The number of carbonyl (C=O) groups excluding carboxylic acids is 1. The zero-order chi connectivity index (χ0) is 15.5. The quantitative estimate of drug-likeness (QED) is 0.928. The summed E-state index contributed by atoms with van der Waals surface area (Å²) < 4.78 is 13.0. The van der Waals surface area contributed by atoms with Gasteiger partial charge in [0.05, 0.1) is 0 Å². The first-order valence-electron chi connectivity index (χ1n) is 7.99. The number of rotatable bonds is 3. The summed E-state index contributed by atoms with van der Waals surface area (Å²) in [6.45, 7) is 3.87. The van der Waals surface area contributed by atoms with Crippen LogP contribution in [0.4, 0.5) is 4.39 Å². The molecule has 1 aromatic carbocycles. The fraction of sp³-hybridized carbons (Fsp3) is 0.588. The average Bonchev–Trinajstić information content (AvgIpc) is 2.91. The monoisotopic (exact) mass is 322 g/mol. The van der Waals surface area contributed by atoms with E-state index in [1.54, 1.807) is 0 Å². The zero-order valence-electron chi connectivity index (χ0n) is 12.9. The van der Waals surface area contributed by atoms with Crippen LogP contribution in [-0.4, -0.2) is 47.5 Å². The summed E-state index contributed by atoms with van der Waals surface area (Å²) in [7, 11) is 0. The molecule has 2 aliphatic heterocycles. The fourth-order valence-corrected chi connectivity index (χ4v) is 4.38. The minimum atomic E-state index is -0.205. The van der Waals surface area contributed by atoms with E-state index in [4.69, 9.17) is 0 Å². The van der Waals surface area contributed by atoms with Crippen molar-refractivity contribution in [2.75, 3.05) is 24.6 Å². The Morgan fingerprint density at radius 2 is 2.18 bits per heavy atom. The standard InChI is InChI=1S/C17H23FN2OS/c1-12-8-14(13-2-4-15(18)5-3-13)10-20(12)17(21)9-16-11-22-7-6-19-16/h2-5,12,14,16,19H,6-11H2,1H3. The molecule has 0 spiro atoms. The van der Waals surface area contributed by atoms with Gasteiger partial charge in [-0.15, -0.1) is 0 Å². The van der Waals surface area contributed by atoms with Crippen LogP contribution >= 0.6 is 11.8 Å². The van der Waals surface area contributed by atoms with E-state index in [9.17, 15) is 9.18 Å². The summed E-state index contributed by atoms with van der Waals surface area (Å²) in [6, 6.07) is 7.28. The van der Waals surface area contributed by atoms with Crippen LogP contribution in [0.3, 0.4) is 0 Å². The minimum Gasteiger partial charge on any atom is -0.339 e. The first-order chi connectivity index (χ1) is 10.6. The summed E-state index contributed by atoms with van der Waals surface area (Å²) >= 11 is 1.92. The molecule has 0 saturated carbocycles. The Morgan fingerprint density at radius 1 is 1.41 bits per heavy atom. The van der Waals surface area contributed by atoms with E-state index in [-0.39, 0.29) is 17.8 Å². The van der Waals surface area contributed by atoms with Crippen LogP contribution in [0.15, 0.2) is 24.3 Å².